The van der Waals surface area contributed by atoms with E-state index in [1.165, 1.54) is 0 Å². The van der Waals surface area contributed by atoms with Gasteiger partial charge < -0.3 is 0 Å². The van der Waals surface area contributed by atoms with E-state index in [0.29, 0.717) is 0 Å². The summed E-state index contributed by atoms with van der Waals surface area (Å²) < 4.78 is 0. The molecule has 0 bridgehead atoms. The summed E-state index contributed by atoms with van der Waals surface area (Å²) in [5.74, 6) is 0. The van der Waals surface area contributed by atoms with Crippen LogP contribution >= 0.6 is 0 Å². The maximum atomic E-state index is 6.50. The third-order valence-electron chi connectivity index (χ3n) is 0. The van der Waals surface area contributed by atoms with Crippen molar-refractivity contribution in [2.45, 2.75) is 0 Å². The van der Waals surface area contributed by atoms with Gasteiger partial charge in [-0.2, -0.15) is 0 Å². The molecule has 0 spiro atoms. The van der Waals surface area contributed by atoms with E-state index in [9.17, 15) is 0 Å². The molecule has 0 aromatic carbocycles. The molecule has 5 nitrogen and oxygen atoms in total. The fourth-order valence-corrected chi connectivity index (χ4v) is 0. The molecule has 12 heteroatoms. The van der Waals surface area contributed by atoms with Crippen LogP contribution in [0.5, 0.6) is 0 Å². The van der Waals surface area contributed by atoms with Crippen LogP contribution in [0.3, 0.4) is 0 Å². The van der Waals surface area contributed by atoms with Gasteiger partial charge in [0.05, 0.1) is 0 Å². The van der Waals surface area contributed by atoms with Crippen molar-refractivity contribution in [3.63, 3.8) is 0 Å². The van der Waals surface area contributed by atoms with Gasteiger partial charge in [0.2, 0.25) is 0 Å². The van der Waals surface area contributed by atoms with Crippen molar-refractivity contribution in [2.75, 3.05) is 0 Å². The first kappa shape index (κ1) is 83.1. The minimum atomic E-state index is 0. The van der Waals surface area contributed by atoms with Crippen molar-refractivity contribution in [3.05, 3.63) is 0 Å². The van der Waals surface area contributed by atoms with Crippen LogP contribution in [0.2, 0.25) is 0 Å². The Bertz CT molecular complexity index is 85.2. The topological polar surface area (TPSA) is 119 Å². The molecule has 0 aliphatic rings. The number of nitrogens with zero attached hydrogens (tertiary/aromatic N) is 5. The van der Waals surface area contributed by atoms with Crippen LogP contribution in [-0.4, -0.2) is 360 Å². The molecule has 0 fully saturated rings. The molecule has 0 aromatic heterocycles. The van der Waals surface area contributed by atoms with Gasteiger partial charge in [-0.15, -0.1) is 0 Å². The van der Waals surface area contributed by atoms with Crippen molar-refractivity contribution in [1.29, 1.82) is 26.3 Å². The Morgan fingerprint density at radius 3 is 0.235 bits per heavy atom. The van der Waals surface area contributed by atoms with Crippen LogP contribution in [0, 0.1) is 59.2 Å². The Balaban J connectivity index is -0.00000000167. The van der Waals surface area contributed by atoms with Crippen molar-refractivity contribution in [2.24, 2.45) is 0 Å². The Morgan fingerprint density at radius 1 is 0.235 bits per heavy atom. The fraction of sp³-hybridized carbons (Fsp3) is 0. The van der Waals surface area contributed by atoms with Crippen molar-refractivity contribution in [1.82, 2.24) is 0 Å². The van der Waals surface area contributed by atoms with Gasteiger partial charge in [0, 0.05) is 32.9 Å². The third kappa shape index (κ3) is 165. The summed E-state index contributed by atoms with van der Waals surface area (Å²) in [7, 11) is 0. The minimum absolute atomic E-state index is 0. The zero-order valence-electron chi connectivity index (χ0n) is 5.12. The second-order valence-electron chi connectivity index (χ2n) is 0. The molecule has 0 saturated carbocycles. The van der Waals surface area contributed by atoms with Crippen LogP contribution in [0.15, 0.2) is 0 Å². The summed E-state index contributed by atoms with van der Waals surface area (Å²) in [4.78, 5) is 0. The Morgan fingerprint density at radius 2 is 0.235 bits per heavy atom. The number of hydrogen-bond donors (Lipinski definition) is 0. The first-order valence-electron chi connectivity index (χ1n) is 1.29. The first-order chi connectivity index (χ1) is 5.00. The summed E-state index contributed by atoms with van der Waals surface area (Å²) in [5, 5.41) is 32.5. The summed E-state index contributed by atoms with van der Waals surface area (Å²) >= 11 is 0. The van der Waals surface area contributed by atoms with Crippen molar-refractivity contribution in [3.8, 4) is 32.9 Å². The average molecular weight is 416 g/mol. The van der Waals surface area contributed by atoms with E-state index in [2.05, 4.69) is 32.9 Å². The molecule has 0 rings (SSSR count). The van der Waals surface area contributed by atoms with Gasteiger partial charge in [0.1, 0.15) is 0 Å². The standard InChI is InChI=1S/5CHN.7K.7H/c5*1-2;;;;;;;;;;;;;;/h5*1H;;;;;;;;;;;;;;. The molecule has 0 unspecified atom stereocenters. The van der Waals surface area contributed by atoms with E-state index in [-0.39, 0.29) is 360 Å². The van der Waals surface area contributed by atoms with E-state index >= 15 is 0 Å². The fourth-order valence-electron chi connectivity index (χ4n) is 0. The van der Waals surface area contributed by atoms with E-state index in [1.807, 2.05) is 0 Å². The zero-order chi connectivity index (χ0) is 10.0. The van der Waals surface area contributed by atoms with Crippen LogP contribution in [0.4, 0.5) is 0 Å². The molecule has 0 saturated heterocycles. The van der Waals surface area contributed by atoms with E-state index in [1.54, 1.807) is 0 Å². The summed E-state index contributed by atoms with van der Waals surface area (Å²) in [5.41, 5.74) is 0. The van der Waals surface area contributed by atoms with E-state index in [4.69, 9.17) is 26.3 Å². The van der Waals surface area contributed by atoms with Crippen LogP contribution in [0.1, 0.15) is 0 Å². The molecular formula is C5H12K7N5. The second kappa shape index (κ2) is 179. The van der Waals surface area contributed by atoms with Crippen LogP contribution < -0.4 is 0 Å². The summed E-state index contributed by atoms with van der Waals surface area (Å²) in [6, 6.07) is 0. The van der Waals surface area contributed by atoms with Gasteiger partial charge >= 0.3 is 360 Å². The average Bonchev–Trinajstić information content (AvgIpc) is 2.20. The van der Waals surface area contributed by atoms with Gasteiger partial charge in [-0.05, 0) is 0 Å². The molecule has 0 N–H and O–H groups in total. The van der Waals surface area contributed by atoms with Crippen LogP contribution in [0.25, 0.3) is 0 Å². The van der Waals surface area contributed by atoms with Gasteiger partial charge in [0.25, 0.3) is 0 Å². The van der Waals surface area contributed by atoms with Gasteiger partial charge in [-0.1, -0.05) is 0 Å². The van der Waals surface area contributed by atoms with Crippen LogP contribution in [-0.2, 0) is 0 Å². The molecule has 0 radical (unpaired) electrons. The number of hydrogen-bond acceptors (Lipinski definition) is 5. The quantitative estimate of drug-likeness (QED) is 0.375. The van der Waals surface area contributed by atoms with Crippen molar-refractivity contribution >= 4 is 360 Å². The Hall–Kier alpha value is 8.90. The Labute approximate surface area is 403 Å². The van der Waals surface area contributed by atoms with Gasteiger partial charge in [-0.25, -0.2) is 26.3 Å². The SMILES string of the molecule is C#N.C#N.C#N.C#N.C#N.[KH].[KH].[KH].[KH].[KH].[KH].[KH]. The Kier molecular flexibility index (Phi) is 877. The molecule has 0 aliphatic heterocycles. The molecule has 17 heavy (non-hydrogen) atoms. The predicted molar refractivity (Wildman–Crippen MR) is 83.4 cm³/mol. The molecule has 0 atom stereocenters. The monoisotopic (exact) mass is 415 g/mol. The predicted octanol–water partition coefficient (Wildman–Crippen LogP) is -3.84. The summed E-state index contributed by atoms with van der Waals surface area (Å²) in [6.45, 7) is 17.5. The van der Waals surface area contributed by atoms with E-state index < -0.39 is 0 Å². The molecule has 0 aliphatic carbocycles. The van der Waals surface area contributed by atoms with Gasteiger partial charge in [0.15, 0.2) is 0 Å². The normalized spacial score (nSPS) is 0.588. The molecule has 0 aromatic rings. The number of rotatable bonds is 0. The second-order valence-corrected chi connectivity index (χ2v) is 0. The van der Waals surface area contributed by atoms with E-state index in [0.717, 1.165) is 0 Å². The number of nitriles is 5. The molecule has 0 amide bonds. The zero-order valence-corrected chi connectivity index (χ0v) is 5.12. The first-order valence-corrected chi connectivity index (χ1v) is 1.29. The third-order valence-corrected chi connectivity index (χ3v) is 0. The van der Waals surface area contributed by atoms with Gasteiger partial charge in [-0.3, -0.25) is 0 Å². The maximum absolute atomic E-state index is 6.50. The summed E-state index contributed by atoms with van der Waals surface area (Å²) in [6.07, 6.45) is 0. The molecule has 64 valence electrons. The van der Waals surface area contributed by atoms with Crippen molar-refractivity contribution < 1.29 is 0 Å². The molecule has 0 heterocycles. The molecular weight excluding hydrogens is 404 g/mol.